The molecule has 0 atom stereocenters. The Labute approximate surface area is 113 Å². The molecule has 0 radical (unpaired) electrons. The van der Waals surface area contributed by atoms with Gasteiger partial charge in [-0.2, -0.15) is 0 Å². The summed E-state index contributed by atoms with van der Waals surface area (Å²) in [7, 11) is 0. The minimum atomic E-state index is -0.172. The Balaban J connectivity index is 1.95. The highest BCUT2D eigenvalue weighted by molar-refractivity contribution is 5.91. The zero-order valence-corrected chi connectivity index (χ0v) is 11.4. The zero-order valence-electron chi connectivity index (χ0n) is 11.4. The molecule has 0 aliphatic carbocycles. The average Bonchev–Trinajstić information content (AvgIpc) is 2.46. The predicted molar refractivity (Wildman–Crippen MR) is 72.2 cm³/mol. The van der Waals surface area contributed by atoms with Gasteiger partial charge in [-0.25, -0.2) is 9.97 Å². The molecule has 1 N–H and O–H groups in total. The summed E-state index contributed by atoms with van der Waals surface area (Å²) in [6.07, 6.45) is 3.18. The highest BCUT2D eigenvalue weighted by atomic mass is 16.5. The number of hydrogen-bond donors (Lipinski definition) is 1. The molecule has 2 rings (SSSR count). The van der Waals surface area contributed by atoms with Gasteiger partial charge in [-0.15, -0.1) is 0 Å². The number of carbonyl (C=O) groups is 1. The number of rotatable bonds is 4. The standard InChI is InChI=1S/C13H20N4O2/c1-10(2)7-16-13(18)11-8-15-12(9-14-11)17-3-5-19-6-4-17/h8-10H,3-7H2,1-2H3,(H,16,18). The highest BCUT2D eigenvalue weighted by Gasteiger charge is 2.14. The van der Waals surface area contributed by atoms with Crippen LogP contribution in [-0.2, 0) is 4.74 Å². The van der Waals surface area contributed by atoms with Crippen molar-refractivity contribution in [1.82, 2.24) is 15.3 Å². The number of hydrogen-bond acceptors (Lipinski definition) is 5. The van der Waals surface area contributed by atoms with E-state index in [1.54, 1.807) is 6.20 Å². The van der Waals surface area contributed by atoms with E-state index in [9.17, 15) is 4.79 Å². The second-order valence-corrected chi connectivity index (χ2v) is 4.96. The summed E-state index contributed by atoms with van der Waals surface area (Å²) >= 11 is 0. The molecule has 2 heterocycles. The van der Waals surface area contributed by atoms with Crippen LogP contribution in [0.4, 0.5) is 5.82 Å². The van der Waals surface area contributed by atoms with Gasteiger partial charge in [0.2, 0.25) is 0 Å². The first-order valence-corrected chi connectivity index (χ1v) is 6.60. The van der Waals surface area contributed by atoms with Gasteiger partial charge >= 0.3 is 0 Å². The van der Waals surface area contributed by atoms with Crippen molar-refractivity contribution in [3.8, 4) is 0 Å². The zero-order chi connectivity index (χ0) is 13.7. The molecule has 1 aromatic rings. The van der Waals surface area contributed by atoms with Crippen molar-refractivity contribution >= 4 is 11.7 Å². The van der Waals surface area contributed by atoms with E-state index >= 15 is 0 Å². The Morgan fingerprint density at radius 1 is 1.37 bits per heavy atom. The molecule has 1 amide bonds. The molecule has 0 aromatic carbocycles. The minimum Gasteiger partial charge on any atom is -0.378 e. The molecule has 0 unspecified atom stereocenters. The Hall–Kier alpha value is -1.69. The van der Waals surface area contributed by atoms with Crippen molar-refractivity contribution < 1.29 is 9.53 Å². The van der Waals surface area contributed by atoms with E-state index in [-0.39, 0.29) is 5.91 Å². The van der Waals surface area contributed by atoms with Crippen molar-refractivity contribution in [2.75, 3.05) is 37.7 Å². The molecule has 0 saturated carbocycles. The molecule has 1 aliphatic rings. The first-order valence-electron chi connectivity index (χ1n) is 6.60. The summed E-state index contributed by atoms with van der Waals surface area (Å²) in [6, 6.07) is 0. The number of carbonyl (C=O) groups excluding carboxylic acids is 1. The molecular weight excluding hydrogens is 244 g/mol. The van der Waals surface area contributed by atoms with Crippen LogP contribution in [0.3, 0.4) is 0 Å². The van der Waals surface area contributed by atoms with Crippen molar-refractivity contribution in [2.24, 2.45) is 5.92 Å². The number of nitrogens with one attached hydrogen (secondary N) is 1. The molecule has 0 spiro atoms. The molecule has 104 valence electrons. The Morgan fingerprint density at radius 3 is 2.68 bits per heavy atom. The van der Waals surface area contributed by atoms with Gasteiger partial charge < -0.3 is 15.0 Å². The van der Waals surface area contributed by atoms with E-state index in [1.165, 1.54) is 6.20 Å². The Bertz CT molecular complexity index is 413. The summed E-state index contributed by atoms with van der Waals surface area (Å²) < 4.78 is 5.28. The lowest BCUT2D eigenvalue weighted by Gasteiger charge is -2.27. The van der Waals surface area contributed by atoms with Crippen LogP contribution in [0, 0.1) is 5.92 Å². The molecule has 19 heavy (non-hydrogen) atoms. The second-order valence-electron chi connectivity index (χ2n) is 4.96. The Kier molecular flexibility index (Phi) is 4.68. The van der Waals surface area contributed by atoms with Crippen LogP contribution in [-0.4, -0.2) is 48.7 Å². The maximum Gasteiger partial charge on any atom is 0.271 e. The molecular formula is C13H20N4O2. The van der Waals surface area contributed by atoms with Gasteiger partial charge in [0.05, 0.1) is 25.6 Å². The highest BCUT2D eigenvalue weighted by Crippen LogP contribution is 2.10. The van der Waals surface area contributed by atoms with Crippen LogP contribution in [0.2, 0.25) is 0 Å². The quantitative estimate of drug-likeness (QED) is 0.867. The van der Waals surface area contributed by atoms with Crippen molar-refractivity contribution in [3.05, 3.63) is 18.1 Å². The minimum absolute atomic E-state index is 0.172. The first kappa shape index (κ1) is 13.7. The lowest BCUT2D eigenvalue weighted by atomic mass is 10.2. The molecule has 6 nitrogen and oxygen atoms in total. The van der Waals surface area contributed by atoms with Crippen LogP contribution in [0.1, 0.15) is 24.3 Å². The number of anilines is 1. The van der Waals surface area contributed by atoms with Crippen molar-refractivity contribution in [1.29, 1.82) is 0 Å². The monoisotopic (exact) mass is 264 g/mol. The van der Waals surface area contributed by atoms with E-state index in [2.05, 4.69) is 20.2 Å². The third kappa shape index (κ3) is 3.89. The van der Waals surface area contributed by atoms with Crippen LogP contribution in [0.5, 0.6) is 0 Å². The lowest BCUT2D eigenvalue weighted by Crippen LogP contribution is -2.37. The maximum atomic E-state index is 11.8. The number of ether oxygens (including phenoxy) is 1. The molecule has 6 heteroatoms. The van der Waals surface area contributed by atoms with Gasteiger partial charge in [0, 0.05) is 19.6 Å². The molecule has 1 aliphatic heterocycles. The fraction of sp³-hybridized carbons (Fsp3) is 0.615. The smallest absolute Gasteiger partial charge is 0.271 e. The fourth-order valence-corrected chi connectivity index (χ4v) is 1.78. The van der Waals surface area contributed by atoms with E-state index in [1.807, 2.05) is 13.8 Å². The molecule has 1 aromatic heterocycles. The normalized spacial score (nSPS) is 15.6. The van der Waals surface area contributed by atoms with Crippen LogP contribution < -0.4 is 10.2 Å². The van der Waals surface area contributed by atoms with Crippen LogP contribution in [0.15, 0.2) is 12.4 Å². The van der Waals surface area contributed by atoms with Gasteiger partial charge in [0.25, 0.3) is 5.91 Å². The number of amides is 1. The van der Waals surface area contributed by atoms with E-state index in [4.69, 9.17) is 4.74 Å². The number of nitrogens with zero attached hydrogens (tertiary/aromatic N) is 3. The van der Waals surface area contributed by atoms with Crippen LogP contribution >= 0.6 is 0 Å². The van der Waals surface area contributed by atoms with Gasteiger partial charge in [0.15, 0.2) is 0 Å². The molecule has 0 bridgehead atoms. The SMILES string of the molecule is CC(C)CNC(=O)c1cnc(N2CCOCC2)cn1. The molecule has 1 fully saturated rings. The number of aromatic nitrogens is 2. The summed E-state index contributed by atoms with van der Waals surface area (Å²) in [5, 5.41) is 2.82. The van der Waals surface area contributed by atoms with Gasteiger partial charge in [-0.1, -0.05) is 13.8 Å². The van der Waals surface area contributed by atoms with Crippen molar-refractivity contribution in [2.45, 2.75) is 13.8 Å². The van der Waals surface area contributed by atoms with E-state index in [0.29, 0.717) is 31.4 Å². The number of morpholine rings is 1. The first-order chi connectivity index (χ1) is 9.16. The summed E-state index contributed by atoms with van der Waals surface area (Å²) in [4.78, 5) is 22.4. The maximum absolute atomic E-state index is 11.8. The van der Waals surface area contributed by atoms with Gasteiger partial charge in [-0.3, -0.25) is 4.79 Å². The average molecular weight is 264 g/mol. The molecule has 1 saturated heterocycles. The van der Waals surface area contributed by atoms with Gasteiger partial charge in [-0.05, 0) is 5.92 Å². The summed E-state index contributed by atoms with van der Waals surface area (Å²) in [5.74, 6) is 1.04. The Morgan fingerprint density at radius 2 is 2.11 bits per heavy atom. The summed E-state index contributed by atoms with van der Waals surface area (Å²) in [5.41, 5.74) is 0.359. The second kappa shape index (κ2) is 6.47. The topological polar surface area (TPSA) is 67.4 Å². The van der Waals surface area contributed by atoms with Gasteiger partial charge in [0.1, 0.15) is 11.5 Å². The third-order valence-electron chi connectivity index (χ3n) is 2.88. The van der Waals surface area contributed by atoms with E-state index in [0.717, 1.165) is 18.9 Å². The van der Waals surface area contributed by atoms with Crippen LogP contribution in [0.25, 0.3) is 0 Å². The van der Waals surface area contributed by atoms with Crippen molar-refractivity contribution in [3.63, 3.8) is 0 Å². The predicted octanol–water partition coefficient (Wildman–Crippen LogP) is 0.699. The third-order valence-corrected chi connectivity index (χ3v) is 2.88. The van der Waals surface area contributed by atoms with E-state index < -0.39 is 0 Å². The largest absolute Gasteiger partial charge is 0.378 e. The summed E-state index contributed by atoms with van der Waals surface area (Å²) in [6.45, 7) is 7.78. The lowest BCUT2D eigenvalue weighted by molar-refractivity contribution is 0.0943. The fourth-order valence-electron chi connectivity index (χ4n) is 1.78.